The minimum atomic E-state index is -1.51. The third-order valence-electron chi connectivity index (χ3n) is 4.69. The Kier molecular flexibility index (Phi) is 7.51. The van der Waals surface area contributed by atoms with E-state index in [4.69, 9.17) is 9.94 Å². The molecule has 1 aliphatic heterocycles. The number of hydrogen-bond acceptors (Lipinski definition) is 7. The summed E-state index contributed by atoms with van der Waals surface area (Å²) in [5.74, 6) is -6.87. The summed E-state index contributed by atoms with van der Waals surface area (Å²) >= 11 is 0. The number of esters is 1. The van der Waals surface area contributed by atoms with E-state index < -0.39 is 65.2 Å². The quantitative estimate of drug-likeness (QED) is 0.234. The van der Waals surface area contributed by atoms with Gasteiger partial charge in [0, 0.05) is 12.1 Å². The Bertz CT molecular complexity index is 1100. The second-order valence-corrected chi connectivity index (χ2v) is 7.06. The maximum absolute atomic E-state index is 15.1. The van der Waals surface area contributed by atoms with Crippen molar-refractivity contribution in [3.8, 4) is 0 Å². The molecule has 1 heterocycles. The molecule has 176 valence electrons. The van der Waals surface area contributed by atoms with Crippen LogP contribution in [0.2, 0.25) is 0 Å². The average molecular weight is 467 g/mol. The van der Waals surface area contributed by atoms with Crippen LogP contribution in [0.15, 0.2) is 24.3 Å². The molecule has 0 atom stereocenters. The molecule has 0 bridgehead atoms. The Labute approximate surface area is 186 Å². The number of nitrogens with zero attached hydrogens (tertiary/aromatic N) is 1. The monoisotopic (exact) mass is 467 g/mol. The molecule has 0 spiro atoms. The van der Waals surface area contributed by atoms with Gasteiger partial charge in [-0.05, 0) is 30.7 Å². The van der Waals surface area contributed by atoms with Gasteiger partial charge in [0.25, 0.3) is 5.91 Å². The van der Waals surface area contributed by atoms with Gasteiger partial charge in [-0.25, -0.2) is 23.4 Å². The van der Waals surface area contributed by atoms with E-state index in [1.54, 1.807) is 6.92 Å². The van der Waals surface area contributed by atoms with Crippen molar-refractivity contribution in [2.45, 2.75) is 13.5 Å². The Morgan fingerprint density at radius 3 is 2.67 bits per heavy atom. The minimum Gasteiger partial charge on any atom is -0.457 e. The summed E-state index contributed by atoms with van der Waals surface area (Å²) in [6.07, 6.45) is 0. The molecule has 12 heteroatoms. The Morgan fingerprint density at radius 2 is 1.97 bits per heavy atom. The molecule has 0 aliphatic carbocycles. The first-order chi connectivity index (χ1) is 15.7. The third kappa shape index (κ3) is 5.41. The van der Waals surface area contributed by atoms with Gasteiger partial charge in [0.15, 0.2) is 11.6 Å². The number of aryl methyl sites for hydroxylation is 1. The number of halogens is 3. The van der Waals surface area contributed by atoms with Crippen molar-refractivity contribution in [3.63, 3.8) is 0 Å². The number of rotatable bonds is 8. The molecule has 1 fully saturated rings. The van der Waals surface area contributed by atoms with Gasteiger partial charge in [0.05, 0.1) is 36.7 Å². The normalized spacial score (nSPS) is 13.7. The molecule has 3 rings (SSSR count). The van der Waals surface area contributed by atoms with E-state index in [0.29, 0.717) is 5.56 Å². The van der Waals surface area contributed by atoms with Gasteiger partial charge in [-0.2, -0.15) is 0 Å². The second-order valence-electron chi connectivity index (χ2n) is 7.06. The number of carbonyl (C=O) groups is 3. The number of anilines is 2. The van der Waals surface area contributed by atoms with Gasteiger partial charge in [0.1, 0.15) is 12.4 Å². The number of aliphatic hydroxyl groups is 1. The summed E-state index contributed by atoms with van der Waals surface area (Å²) in [6, 6.07) is 4.94. The lowest BCUT2D eigenvalue weighted by atomic mass is 10.0. The molecular weight excluding hydrogens is 447 g/mol. The number of amides is 2. The van der Waals surface area contributed by atoms with E-state index in [9.17, 15) is 23.2 Å². The highest BCUT2D eigenvalue weighted by Crippen LogP contribution is 2.31. The third-order valence-corrected chi connectivity index (χ3v) is 4.69. The summed E-state index contributed by atoms with van der Waals surface area (Å²) in [5, 5.41) is 11.2. The number of aliphatic hydroxyl groups excluding tert-OH is 1. The number of cyclic esters (lactones) is 1. The van der Waals surface area contributed by atoms with E-state index in [1.165, 1.54) is 12.1 Å². The zero-order valence-corrected chi connectivity index (χ0v) is 17.4. The van der Waals surface area contributed by atoms with E-state index in [0.717, 1.165) is 17.0 Å². The van der Waals surface area contributed by atoms with Gasteiger partial charge >= 0.3 is 11.9 Å². The summed E-state index contributed by atoms with van der Waals surface area (Å²) in [4.78, 5) is 41.7. The molecule has 0 unspecified atom stereocenters. The molecule has 9 nitrogen and oxygen atoms in total. The van der Waals surface area contributed by atoms with E-state index in [1.807, 2.05) is 5.48 Å². The fraction of sp³-hybridized carbons (Fsp3) is 0.286. The summed E-state index contributed by atoms with van der Waals surface area (Å²) in [5.41, 5.74) is 0.792. The molecule has 33 heavy (non-hydrogen) atoms. The maximum Gasteiger partial charge on any atom is 0.397 e. The van der Waals surface area contributed by atoms with Crippen molar-refractivity contribution in [1.82, 2.24) is 10.4 Å². The van der Waals surface area contributed by atoms with Crippen LogP contribution >= 0.6 is 0 Å². The van der Waals surface area contributed by atoms with Crippen LogP contribution < -0.4 is 10.8 Å². The van der Waals surface area contributed by atoms with Crippen LogP contribution in [0.25, 0.3) is 0 Å². The lowest BCUT2D eigenvalue weighted by Crippen LogP contribution is -2.44. The largest absolute Gasteiger partial charge is 0.457 e. The zero-order valence-electron chi connectivity index (χ0n) is 17.4. The van der Waals surface area contributed by atoms with Crippen molar-refractivity contribution in [2.75, 3.05) is 31.7 Å². The van der Waals surface area contributed by atoms with Gasteiger partial charge in [-0.15, -0.1) is 0 Å². The topological polar surface area (TPSA) is 117 Å². The number of carbonyl (C=O) groups excluding carboxylic acids is 3. The number of hydrogen-bond donors (Lipinski definition) is 3. The highest BCUT2D eigenvalue weighted by Gasteiger charge is 2.31. The van der Waals surface area contributed by atoms with Crippen molar-refractivity contribution >= 4 is 29.2 Å². The molecule has 3 N–H and O–H groups in total. The van der Waals surface area contributed by atoms with Crippen LogP contribution in [0.1, 0.15) is 21.5 Å². The number of hydroxylamine groups is 1. The molecule has 0 aromatic heterocycles. The Hall–Kier alpha value is -3.64. The first-order valence-corrected chi connectivity index (χ1v) is 9.76. The second kappa shape index (κ2) is 10.3. The molecule has 1 saturated heterocycles. The smallest absolute Gasteiger partial charge is 0.397 e. The predicted octanol–water partition coefficient (Wildman–Crippen LogP) is 1.70. The maximum atomic E-state index is 15.1. The lowest BCUT2D eigenvalue weighted by Gasteiger charge is -2.26. The standard InChI is InChI=1S/C21H20F3N3O6/c1-11-2-3-15(14(22)8-11)25-18-13(19(29)26-33-7-5-28)9-12(16(23)17(18)24)10-27-4-6-32-21(31)20(27)30/h2-3,8-9,25,28H,4-7,10H2,1H3,(H,26,29). The van der Waals surface area contributed by atoms with Crippen LogP contribution in [0.5, 0.6) is 0 Å². The SMILES string of the molecule is Cc1ccc(Nc2c(C(=O)NOCCO)cc(CN3CCOC(=O)C3=O)c(F)c2F)c(F)c1. The summed E-state index contributed by atoms with van der Waals surface area (Å²) in [6.45, 7) is 0.244. The predicted molar refractivity (Wildman–Crippen MR) is 108 cm³/mol. The van der Waals surface area contributed by atoms with Crippen molar-refractivity contribution in [1.29, 1.82) is 0 Å². The van der Waals surface area contributed by atoms with Crippen LogP contribution in [0.4, 0.5) is 24.5 Å². The van der Waals surface area contributed by atoms with Crippen molar-refractivity contribution in [2.24, 2.45) is 0 Å². The number of benzene rings is 2. The van der Waals surface area contributed by atoms with Crippen molar-refractivity contribution in [3.05, 3.63) is 58.4 Å². The molecule has 0 saturated carbocycles. The Balaban J connectivity index is 2.01. The van der Waals surface area contributed by atoms with Crippen LogP contribution in [0.3, 0.4) is 0 Å². The van der Waals surface area contributed by atoms with Gasteiger partial charge in [0.2, 0.25) is 0 Å². The number of ether oxygens (including phenoxy) is 1. The highest BCUT2D eigenvalue weighted by molar-refractivity contribution is 6.32. The molecule has 1 aliphatic rings. The lowest BCUT2D eigenvalue weighted by molar-refractivity contribution is -0.166. The van der Waals surface area contributed by atoms with Gasteiger partial charge in [-0.3, -0.25) is 14.4 Å². The zero-order chi connectivity index (χ0) is 24.1. The average Bonchev–Trinajstić information content (AvgIpc) is 2.78. The van der Waals surface area contributed by atoms with E-state index >= 15 is 4.39 Å². The minimum absolute atomic E-state index is 0.0542. The summed E-state index contributed by atoms with van der Waals surface area (Å²) < 4.78 is 48.9. The first-order valence-electron chi connectivity index (χ1n) is 9.76. The fourth-order valence-electron chi connectivity index (χ4n) is 3.07. The number of nitrogens with one attached hydrogen (secondary N) is 2. The van der Waals surface area contributed by atoms with Gasteiger partial charge < -0.3 is 20.1 Å². The van der Waals surface area contributed by atoms with Crippen LogP contribution in [-0.2, 0) is 25.7 Å². The van der Waals surface area contributed by atoms with Gasteiger partial charge in [-0.1, -0.05) is 6.07 Å². The Morgan fingerprint density at radius 1 is 1.21 bits per heavy atom. The fourth-order valence-corrected chi connectivity index (χ4v) is 3.07. The highest BCUT2D eigenvalue weighted by atomic mass is 19.2. The first kappa shape index (κ1) is 24.0. The van der Waals surface area contributed by atoms with Crippen LogP contribution in [-0.4, -0.2) is 54.2 Å². The molecule has 2 aromatic rings. The van der Waals surface area contributed by atoms with Crippen molar-refractivity contribution < 1.29 is 42.2 Å². The summed E-state index contributed by atoms with van der Waals surface area (Å²) in [7, 11) is 0. The molecule has 2 amide bonds. The molecular formula is C21H20F3N3O6. The van der Waals surface area contributed by atoms with E-state index in [2.05, 4.69) is 10.1 Å². The number of morpholine rings is 1. The van der Waals surface area contributed by atoms with Crippen LogP contribution in [0, 0.1) is 24.4 Å². The molecule has 2 aromatic carbocycles. The molecule has 0 radical (unpaired) electrons. The van der Waals surface area contributed by atoms with E-state index in [-0.39, 0.29) is 25.4 Å².